The van der Waals surface area contributed by atoms with E-state index in [1.54, 1.807) is 18.2 Å². The summed E-state index contributed by atoms with van der Waals surface area (Å²) in [5, 5.41) is 0. The van der Waals surface area contributed by atoms with Crippen molar-refractivity contribution in [3.05, 3.63) is 24.3 Å². The molecule has 0 aliphatic carbocycles. The molecule has 1 N–H and O–H groups in total. The number of methoxy groups -OCH3 is 1. The van der Waals surface area contributed by atoms with Crippen LogP contribution in [0.2, 0.25) is 0 Å². The Kier molecular flexibility index (Phi) is 4.76. The van der Waals surface area contributed by atoms with E-state index in [4.69, 9.17) is 4.74 Å². The molecule has 0 amide bonds. The van der Waals surface area contributed by atoms with Gasteiger partial charge in [-0.15, -0.1) is 0 Å². The monoisotopic (exact) mass is 243 g/mol. The standard InChI is InChI=1S/C11H17NO3S/c1-3-4-9-12-16(13,14)11-8-6-5-7-10(11)15-2/h5-8,12H,3-4,9H2,1-2H3. The first-order valence-corrected chi connectivity index (χ1v) is 6.73. The van der Waals surface area contributed by atoms with Gasteiger partial charge in [0, 0.05) is 6.54 Å². The number of hydrogen-bond acceptors (Lipinski definition) is 3. The number of para-hydroxylation sites is 1. The van der Waals surface area contributed by atoms with Crippen LogP contribution in [0, 0.1) is 0 Å². The van der Waals surface area contributed by atoms with E-state index in [0.717, 1.165) is 12.8 Å². The van der Waals surface area contributed by atoms with Gasteiger partial charge in [-0.25, -0.2) is 13.1 Å². The molecule has 0 radical (unpaired) electrons. The highest BCUT2D eigenvalue weighted by atomic mass is 32.2. The molecule has 16 heavy (non-hydrogen) atoms. The maximum absolute atomic E-state index is 11.9. The minimum atomic E-state index is -3.45. The van der Waals surface area contributed by atoms with Gasteiger partial charge in [-0.05, 0) is 18.6 Å². The molecule has 0 aliphatic heterocycles. The number of rotatable bonds is 6. The van der Waals surface area contributed by atoms with Gasteiger partial charge in [-0.1, -0.05) is 25.5 Å². The van der Waals surface area contributed by atoms with Crippen molar-refractivity contribution in [2.24, 2.45) is 0 Å². The van der Waals surface area contributed by atoms with Crippen LogP contribution in [0.5, 0.6) is 5.75 Å². The largest absolute Gasteiger partial charge is 0.495 e. The molecule has 0 unspecified atom stereocenters. The van der Waals surface area contributed by atoms with Crippen LogP contribution in [0.15, 0.2) is 29.2 Å². The molecule has 0 atom stereocenters. The van der Waals surface area contributed by atoms with E-state index in [9.17, 15) is 8.42 Å². The van der Waals surface area contributed by atoms with Crippen molar-refractivity contribution in [2.75, 3.05) is 13.7 Å². The summed E-state index contributed by atoms with van der Waals surface area (Å²) in [6.07, 6.45) is 1.78. The van der Waals surface area contributed by atoms with E-state index in [1.807, 2.05) is 6.92 Å². The third kappa shape index (κ3) is 3.21. The summed E-state index contributed by atoms with van der Waals surface area (Å²) in [5.74, 6) is 0.367. The molecule has 0 heterocycles. The van der Waals surface area contributed by atoms with Crippen LogP contribution in [0.1, 0.15) is 19.8 Å². The SMILES string of the molecule is CCCCNS(=O)(=O)c1ccccc1OC. The Morgan fingerprint density at radius 3 is 2.62 bits per heavy atom. The van der Waals surface area contributed by atoms with Gasteiger partial charge in [0.2, 0.25) is 10.0 Å². The van der Waals surface area contributed by atoms with Crippen LogP contribution in [0.25, 0.3) is 0 Å². The molecule has 0 saturated carbocycles. The molecule has 90 valence electrons. The van der Waals surface area contributed by atoms with Gasteiger partial charge >= 0.3 is 0 Å². The predicted molar refractivity (Wildman–Crippen MR) is 63.1 cm³/mol. The molecule has 0 aromatic heterocycles. The van der Waals surface area contributed by atoms with Crippen LogP contribution in [0.4, 0.5) is 0 Å². The zero-order chi connectivity index (χ0) is 12.0. The van der Waals surface area contributed by atoms with Crippen molar-refractivity contribution in [1.29, 1.82) is 0 Å². The number of ether oxygens (including phenoxy) is 1. The predicted octanol–water partition coefficient (Wildman–Crippen LogP) is 1.77. The number of benzene rings is 1. The second-order valence-electron chi connectivity index (χ2n) is 3.40. The number of sulfonamides is 1. The Bertz CT molecular complexity index is 429. The topological polar surface area (TPSA) is 55.4 Å². The highest BCUT2D eigenvalue weighted by Gasteiger charge is 2.17. The Balaban J connectivity index is 2.89. The summed E-state index contributed by atoms with van der Waals surface area (Å²) in [5.41, 5.74) is 0. The van der Waals surface area contributed by atoms with Crippen LogP contribution >= 0.6 is 0 Å². The molecular weight excluding hydrogens is 226 g/mol. The Morgan fingerprint density at radius 2 is 2.00 bits per heavy atom. The average Bonchev–Trinajstić information content (AvgIpc) is 2.29. The zero-order valence-corrected chi connectivity index (χ0v) is 10.4. The highest BCUT2D eigenvalue weighted by Crippen LogP contribution is 2.22. The van der Waals surface area contributed by atoms with Crippen molar-refractivity contribution in [3.8, 4) is 5.75 Å². The molecule has 5 heteroatoms. The van der Waals surface area contributed by atoms with Crippen molar-refractivity contribution in [2.45, 2.75) is 24.7 Å². The molecule has 0 aliphatic rings. The molecule has 0 fully saturated rings. The van der Waals surface area contributed by atoms with Gasteiger partial charge in [0.05, 0.1) is 7.11 Å². The fourth-order valence-corrected chi connectivity index (χ4v) is 2.54. The van der Waals surface area contributed by atoms with Crippen molar-refractivity contribution in [1.82, 2.24) is 4.72 Å². The van der Waals surface area contributed by atoms with E-state index < -0.39 is 10.0 Å². The molecule has 1 rings (SSSR count). The van der Waals surface area contributed by atoms with E-state index in [1.165, 1.54) is 13.2 Å². The molecule has 1 aromatic carbocycles. The maximum atomic E-state index is 11.9. The third-order valence-electron chi connectivity index (χ3n) is 2.18. The van der Waals surface area contributed by atoms with Crippen LogP contribution in [-0.2, 0) is 10.0 Å². The highest BCUT2D eigenvalue weighted by molar-refractivity contribution is 7.89. The lowest BCUT2D eigenvalue weighted by atomic mass is 10.3. The fraction of sp³-hybridized carbons (Fsp3) is 0.455. The van der Waals surface area contributed by atoms with Crippen LogP contribution < -0.4 is 9.46 Å². The van der Waals surface area contributed by atoms with Crippen LogP contribution in [0.3, 0.4) is 0 Å². The molecule has 1 aromatic rings. The molecule has 4 nitrogen and oxygen atoms in total. The smallest absolute Gasteiger partial charge is 0.244 e. The van der Waals surface area contributed by atoms with Gasteiger partial charge in [-0.3, -0.25) is 0 Å². The Labute approximate surface area is 96.7 Å². The van der Waals surface area contributed by atoms with Crippen molar-refractivity contribution < 1.29 is 13.2 Å². The fourth-order valence-electron chi connectivity index (χ4n) is 1.30. The minimum absolute atomic E-state index is 0.189. The molecule has 0 spiro atoms. The summed E-state index contributed by atoms with van der Waals surface area (Å²) in [6.45, 7) is 2.47. The molecular formula is C11H17NO3S. The van der Waals surface area contributed by atoms with Gasteiger partial charge in [0.1, 0.15) is 10.6 Å². The summed E-state index contributed by atoms with van der Waals surface area (Å²) < 4.78 is 31.4. The third-order valence-corrected chi connectivity index (χ3v) is 3.68. The first-order chi connectivity index (χ1) is 7.61. The Morgan fingerprint density at radius 1 is 1.31 bits per heavy atom. The second kappa shape index (κ2) is 5.86. The van der Waals surface area contributed by atoms with Crippen LogP contribution in [-0.4, -0.2) is 22.1 Å². The van der Waals surface area contributed by atoms with Crippen molar-refractivity contribution in [3.63, 3.8) is 0 Å². The van der Waals surface area contributed by atoms with E-state index in [2.05, 4.69) is 4.72 Å². The van der Waals surface area contributed by atoms with Gasteiger partial charge < -0.3 is 4.74 Å². The minimum Gasteiger partial charge on any atom is -0.495 e. The average molecular weight is 243 g/mol. The van der Waals surface area contributed by atoms with Crippen molar-refractivity contribution >= 4 is 10.0 Å². The second-order valence-corrected chi connectivity index (χ2v) is 5.14. The van der Waals surface area contributed by atoms with E-state index in [-0.39, 0.29) is 4.90 Å². The summed E-state index contributed by atoms with van der Waals surface area (Å²) in [4.78, 5) is 0.189. The lowest BCUT2D eigenvalue weighted by Gasteiger charge is -2.09. The van der Waals surface area contributed by atoms with Gasteiger partial charge in [-0.2, -0.15) is 0 Å². The van der Waals surface area contributed by atoms with E-state index in [0.29, 0.717) is 12.3 Å². The number of hydrogen-bond donors (Lipinski definition) is 1. The quantitative estimate of drug-likeness (QED) is 0.775. The zero-order valence-electron chi connectivity index (χ0n) is 9.56. The molecule has 0 saturated heterocycles. The normalized spacial score (nSPS) is 11.4. The summed E-state index contributed by atoms with van der Waals surface area (Å²) in [6, 6.07) is 6.59. The van der Waals surface area contributed by atoms with Gasteiger partial charge in [0.15, 0.2) is 0 Å². The van der Waals surface area contributed by atoms with E-state index >= 15 is 0 Å². The Hall–Kier alpha value is -1.07. The maximum Gasteiger partial charge on any atom is 0.244 e. The summed E-state index contributed by atoms with van der Waals surface area (Å²) in [7, 11) is -1.99. The lowest BCUT2D eigenvalue weighted by molar-refractivity contribution is 0.402. The first-order valence-electron chi connectivity index (χ1n) is 5.24. The van der Waals surface area contributed by atoms with Gasteiger partial charge in [0.25, 0.3) is 0 Å². The summed E-state index contributed by atoms with van der Waals surface area (Å²) >= 11 is 0. The lowest BCUT2D eigenvalue weighted by Crippen LogP contribution is -2.25. The number of unbranched alkanes of at least 4 members (excludes halogenated alkanes) is 1. The number of nitrogens with one attached hydrogen (secondary N) is 1. The molecule has 0 bridgehead atoms. The first kappa shape index (κ1) is 13.0.